The van der Waals surface area contributed by atoms with Crippen molar-refractivity contribution in [2.75, 3.05) is 37.6 Å². The van der Waals surface area contributed by atoms with Crippen LogP contribution in [0.4, 0.5) is 5.69 Å². The van der Waals surface area contributed by atoms with Crippen LogP contribution in [-0.4, -0.2) is 49.4 Å². The third kappa shape index (κ3) is 5.71. The summed E-state index contributed by atoms with van der Waals surface area (Å²) in [6.45, 7) is 3.46. The minimum absolute atomic E-state index is 0.0926. The second kappa shape index (κ2) is 9.57. The maximum atomic E-state index is 12.3. The van der Waals surface area contributed by atoms with Gasteiger partial charge in [-0.25, -0.2) is 0 Å². The highest BCUT2D eigenvalue weighted by Gasteiger charge is 2.20. The van der Waals surface area contributed by atoms with Gasteiger partial charge in [-0.2, -0.15) is 0 Å². The van der Waals surface area contributed by atoms with Gasteiger partial charge in [-0.3, -0.25) is 9.59 Å². The largest absolute Gasteiger partial charge is 0.368 e. The van der Waals surface area contributed by atoms with Crippen molar-refractivity contribution >= 4 is 23.6 Å². The van der Waals surface area contributed by atoms with Crippen LogP contribution in [0.15, 0.2) is 66.7 Å². The lowest BCUT2D eigenvalue weighted by atomic mass is 10.2. The normalized spacial score (nSPS) is 14.4. The van der Waals surface area contributed by atoms with Crippen LogP contribution in [0.2, 0.25) is 0 Å². The van der Waals surface area contributed by atoms with Crippen molar-refractivity contribution in [3.05, 3.63) is 72.3 Å². The molecule has 0 bridgehead atoms. The Bertz CT molecular complexity index is 767. The van der Waals surface area contributed by atoms with E-state index in [0.717, 1.165) is 31.7 Å². The molecule has 140 valence electrons. The zero-order valence-electron chi connectivity index (χ0n) is 15.4. The number of hydrogen-bond acceptors (Lipinski definition) is 3. The average Bonchev–Trinajstić information content (AvgIpc) is 2.74. The van der Waals surface area contributed by atoms with Crippen molar-refractivity contribution in [2.45, 2.75) is 6.42 Å². The van der Waals surface area contributed by atoms with Gasteiger partial charge in [-0.05, 0) is 23.8 Å². The summed E-state index contributed by atoms with van der Waals surface area (Å²) < 4.78 is 0. The fourth-order valence-electron chi connectivity index (χ4n) is 3.10. The van der Waals surface area contributed by atoms with Gasteiger partial charge < -0.3 is 15.1 Å². The number of piperazine rings is 1. The zero-order chi connectivity index (χ0) is 18.9. The van der Waals surface area contributed by atoms with Crippen molar-refractivity contribution < 1.29 is 9.59 Å². The summed E-state index contributed by atoms with van der Waals surface area (Å²) in [5, 5.41) is 2.77. The second-order valence-electron chi connectivity index (χ2n) is 6.49. The van der Waals surface area contributed by atoms with Crippen molar-refractivity contribution in [2.24, 2.45) is 0 Å². The van der Waals surface area contributed by atoms with Crippen LogP contribution in [0.3, 0.4) is 0 Å². The van der Waals surface area contributed by atoms with Gasteiger partial charge in [-0.1, -0.05) is 48.5 Å². The number of rotatable bonds is 6. The molecule has 0 atom stereocenters. The Kier molecular flexibility index (Phi) is 6.63. The molecule has 3 rings (SSSR count). The highest BCUT2D eigenvalue weighted by atomic mass is 16.2. The van der Waals surface area contributed by atoms with Crippen LogP contribution in [0.25, 0.3) is 6.08 Å². The van der Waals surface area contributed by atoms with Gasteiger partial charge in [0.1, 0.15) is 0 Å². The molecule has 1 fully saturated rings. The van der Waals surface area contributed by atoms with Crippen molar-refractivity contribution in [1.29, 1.82) is 0 Å². The second-order valence-corrected chi connectivity index (χ2v) is 6.49. The highest BCUT2D eigenvalue weighted by Crippen LogP contribution is 2.15. The lowest BCUT2D eigenvalue weighted by Crippen LogP contribution is -2.49. The maximum absolute atomic E-state index is 12.3. The van der Waals surface area contributed by atoms with Crippen LogP contribution in [0.1, 0.15) is 12.0 Å². The number of hydrogen-bond donors (Lipinski definition) is 1. The molecule has 2 aromatic rings. The van der Waals surface area contributed by atoms with Gasteiger partial charge in [0.2, 0.25) is 11.8 Å². The molecule has 0 unspecified atom stereocenters. The van der Waals surface area contributed by atoms with Crippen molar-refractivity contribution in [3.8, 4) is 0 Å². The monoisotopic (exact) mass is 363 g/mol. The van der Waals surface area contributed by atoms with Crippen LogP contribution in [-0.2, 0) is 9.59 Å². The molecule has 0 radical (unpaired) electrons. The van der Waals surface area contributed by atoms with E-state index in [9.17, 15) is 9.59 Å². The van der Waals surface area contributed by atoms with Gasteiger partial charge >= 0.3 is 0 Å². The fraction of sp³-hybridized carbons (Fsp3) is 0.273. The molecule has 1 aliphatic heterocycles. The van der Waals surface area contributed by atoms with Gasteiger partial charge in [0.15, 0.2) is 0 Å². The molecule has 1 N–H and O–H groups in total. The molecular formula is C22H25N3O2. The summed E-state index contributed by atoms with van der Waals surface area (Å²) >= 11 is 0. The van der Waals surface area contributed by atoms with Gasteiger partial charge in [-0.15, -0.1) is 0 Å². The molecule has 1 heterocycles. The van der Waals surface area contributed by atoms with E-state index in [4.69, 9.17) is 0 Å². The smallest absolute Gasteiger partial charge is 0.244 e. The number of benzene rings is 2. The van der Waals surface area contributed by atoms with E-state index in [-0.39, 0.29) is 11.8 Å². The molecule has 5 heteroatoms. The van der Waals surface area contributed by atoms with Gasteiger partial charge in [0.25, 0.3) is 0 Å². The topological polar surface area (TPSA) is 52.7 Å². The Morgan fingerprint density at radius 1 is 0.889 bits per heavy atom. The fourth-order valence-corrected chi connectivity index (χ4v) is 3.10. The van der Waals surface area contributed by atoms with E-state index in [2.05, 4.69) is 22.3 Å². The van der Waals surface area contributed by atoms with Crippen molar-refractivity contribution in [3.63, 3.8) is 0 Å². The first-order chi connectivity index (χ1) is 13.2. The average molecular weight is 363 g/mol. The van der Waals surface area contributed by atoms with E-state index in [1.165, 1.54) is 11.8 Å². The van der Waals surface area contributed by atoms with Gasteiger partial charge in [0.05, 0.1) is 0 Å². The number of carbonyl (C=O) groups excluding carboxylic acids is 2. The summed E-state index contributed by atoms with van der Waals surface area (Å²) in [4.78, 5) is 28.4. The van der Waals surface area contributed by atoms with E-state index >= 15 is 0 Å². The number of amides is 2. The predicted molar refractivity (Wildman–Crippen MR) is 108 cm³/mol. The number of anilines is 1. The van der Waals surface area contributed by atoms with Gasteiger partial charge in [0, 0.05) is 50.9 Å². The standard InChI is InChI=1S/C22H25N3O2/c26-21(12-11-19-7-3-1-4-8-19)23-14-13-22(27)25-17-15-24(16-18-25)20-9-5-2-6-10-20/h1-12H,13-18H2,(H,23,26). The third-order valence-corrected chi connectivity index (χ3v) is 4.62. The van der Waals surface area contributed by atoms with E-state index in [0.29, 0.717) is 13.0 Å². The molecule has 0 saturated carbocycles. The summed E-state index contributed by atoms with van der Waals surface area (Å²) in [6.07, 6.45) is 3.59. The Hall–Kier alpha value is -3.08. The zero-order valence-corrected chi connectivity index (χ0v) is 15.4. The maximum Gasteiger partial charge on any atom is 0.244 e. The third-order valence-electron chi connectivity index (χ3n) is 4.62. The van der Waals surface area contributed by atoms with Crippen LogP contribution >= 0.6 is 0 Å². The molecule has 2 amide bonds. The predicted octanol–water partition coefficient (Wildman–Crippen LogP) is 2.55. The first kappa shape index (κ1) is 18.7. The molecule has 2 aromatic carbocycles. The SMILES string of the molecule is O=C(C=Cc1ccccc1)NCCC(=O)N1CCN(c2ccccc2)CC1. The molecule has 0 aromatic heterocycles. The first-order valence-corrected chi connectivity index (χ1v) is 9.31. The number of nitrogens with zero attached hydrogens (tertiary/aromatic N) is 2. The molecule has 5 nitrogen and oxygen atoms in total. The van der Waals surface area contributed by atoms with E-state index < -0.39 is 0 Å². The van der Waals surface area contributed by atoms with Crippen LogP contribution in [0, 0.1) is 0 Å². The Balaban J connectivity index is 1.36. The lowest BCUT2D eigenvalue weighted by molar-refractivity contribution is -0.131. The Labute approximate surface area is 160 Å². The first-order valence-electron chi connectivity index (χ1n) is 9.31. The molecule has 0 aliphatic carbocycles. The van der Waals surface area contributed by atoms with E-state index in [1.54, 1.807) is 6.08 Å². The molecule has 27 heavy (non-hydrogen) atoms. The Morgan fingerprint density at radius 2 is 1.52 bits per heavy atom. The molecule has 1 saturated heterocycles. The van der Waals surface area contributed by atoms with Crippen LogP contribution in [0.5, 0.6) is 0 Å². The number of carbonyl (C=O) groups is 2. The molecule has 0 spiro atoms. The van der Waals surface area contributed by atoms with Crippen LogP contribution < -0.4 is 10.2 Å². The highest BCUT2D eigenvalue weighted by molar-refractivity contribution is 5.92. The van der Waals surface area contributed by atoms with Crippen molar-refractivity contribution in [1.82, 2.24) is 10.2 Å². The number of nitrogens with one attached hydrogen (secondary N) is 1. The summed E-state index contributed by atoms with van der Waals surface area (Å²) in [6, 6.07) is 19.9. The summed E-state index contributed by atoms with van der Waals surface area (Å²) in [7, 11) is 0. The summed E-state index contributed by atoms with van der Waals surface area (Å²) in [5.41, 5.74) is 2.17. The quantitative estimate of drug-likeness (QED) is 0.803. The molecular weight excluding hydrogens is 338 g/mol. The minimum atomic E-state index is -0.180. The summed E-state index contributed by atoms with van der Waals surface area (Å²) in [5.74, 6) is -0.0874. The minimum Gasteiger partial charge on any atom is -0.368 e. The van der Waals surface area contributed by atoms with E-state index in [1.807, 2.05) is 53.4 Å². The number of para-hydroxylation sites is 1. The lowest BCUT2D eigenvalue weighted by Gasteiger charge is -2.36. The Morgan fingerprint density at radius 3 is 2.19 bits per heavy atom. The molecule has 1 aliphatic rings.